The van der Waals surface area contributed by atoms with E-state index in [-0.39, 0.29) is 27.5 Å². The SMILES string of the molecule is O=C(c1cc(Cl)c(O)c(Cl)c1)N1CCN(c2ccccc2F)CC1. The van der Waals surface area contributed by atoms with Gasteiger partial charge in [0.1, 0.15) is 5.82 Å². The van der Waals surface area contributed by atoms with E-state index in [1.165, 1.54) is 18.2 Å². The van der Waals surface area contributed by atoms with Crippen LogP contribution in [-0.4, -0.2) is 42.1 Å². The Kier molecular flexibility index (Phi) is 4.83. The molecule has 0 bridgehead atoms. The number of nitrogens with zero attached hydrogens (tertiary/aromatic N) is 2. The van der Waals surface area contributed by atoms with Crippen molar-refractivity contribution in [2.45, 2.75) is 0 Å². The van der Waals surface area contributed by atoms with E-state index < -0.39 is 0 Å². The van der Waals surface area contributed by atoms with Gasteiger partial charge in [0.2, 0.25) is 0 Å². The van der Waals surface area contributed by atoms with Crippen molar-refractivity contribution in [3.8, 4) is 5.75 Å². The molecule has 1 heterocycles. The van der Waals surface area contributed by atoms with Crippen molar-refractivity contribution < 1.29 is 14.3 Å². The minimum absolute atomic E-state index is 0.0378. The highest BCUT2D eigenvalue weighted by molar-refractivity contribution is 6.37. The van der Waals surface area contributed by atoms with Crippen LogP contribution in [0, 0.1) is 5.82 Å². The molecule has 1 N–H and O–H groups in total. The number of anilines is 1. The highest BCUT2D eigenvalue weighted by atomic mass is 35.5. The molecule has 7 heteroatoms. The zero-order valence-electron chi connectivity index (χ0n) is 12.7. The predicted octanol–water partition coefficient (Wildman–Crippen LogP) is 3.80. The fraction of sp³-hybridized carbons (Fsp3) is 0.235. The summed E-state index contributed by atoms with van der Waals surface area (Å²) in [6.07, 6.45) is 0. The maximum atomic E-state index is 13.8. The lowest BCUT2D eigenvalue weighted by atomic mass is 10.1. The van der Waals surface area contributed by atoms with Crippen molar-refractivity contribution >= 4 is 34.8 Å². The Balaban J connectivity index is 1.71. The number of phenolic OH excluding ortho intramolecular Hbond substituents is 1. The molecule has 0 radical (unpaired) electrons. The number of amides is 1. The van der Waals surface area contributed by atoms with Crippen molar-refractivity contribution in [3.63, 3.8) is 0 Å². The van der Waals surface area contributed by atoms with E-state index in [0.29, 0.717) is 37.4 Å². The average molecular weight is 369 g/mol. The van der Waals surface area contributed by atoms with Gasteiger partial charge in [-0.05, 0) is 24.3 Å². The minimum atomic E-state index is -0.269. The molecule has 24 heavy (non-hydrogen) atoms. The van der Waals surface area contributed by atoms with Crippen LogP contribution in [0.3, 0.4) is 0 Å². The first-order valence-corrected chi connectivity index (χ1v) is 8.19. The summed E-state index contributed by atoms with van der Waals surface area (Å²) < 4.78 is 13.8. The fourth-order valence-corrected chi connectivity index (χ4v) is 3.22. The molecule has 126 valence electrons. The highest BCUT2D eigenvalue weighted by Gasteiger charge is 2.24. The lowest BCUT2D eigenvalue weighted by Gasteiger charge is -2.36. The smallest absolute Gasteiger partial charge is 0.254 e. The first-order chi connectivity index (χ1) is 11.5. The molecule has 0 spiro atoms. The Labute approximate surface area is 149 Å². The predicted molar refractivity (Wildman–Crippen MR) is 92.6 cm³/mol. The molecular weight excluding hydrogens is 354 g/mol. The molecule has 1 fully saturated rings. The standard InChI is InChI=1S/C17H15Cl2FN2O2/c18-12-9-11(10-13(19)16(12)23)17(24)22-7-5-21(6-8-22)15-4-2-1-3-14(15)20/h1-4,9-10,23H,5-8H2. The van der Waals surface area contributed by atoms with Crippen LogP contribution < -0.4 is 4.90 Å². The van der Waals surface area contributed by atoms with Gasteiger partial charge in [-0.2, -0.15) is 0 Å². The van der Waals surface area contributed by atoms with Crippen LogP contribution in [0.4, 0.5) is 10.1 Å². The van der Waals surface area contributed by atoms with Crippen LogP contribution in [0.5, 0.6) is 5.75 Å². The van der Waals surface area contributed by atoms with E-state index in [2.05, 4.69) is 0 Å². The third-order valence-corrected chi connectivity index (χ3v) is 4.60. The van der Waals surface area contributed by atoms with E-state index in [0.717, 1.165) is 0 Å². The Bertz CT molecular complexity index is 754. The Morgan fingerprint density at radius 2 is 1.62 bits per heavy atom. The largest absolute Gasteiger partial charge is 0.505 e. The van der Waals surface area contributed by atoms with Gasteiger partial charge in [-0.1, -0.05) is 35.3 Å². The molecule has 4 nitrogen and oxygen atoms in total. The van der Waals surface area contributed by atoms with Crippen LogP contribution in [0.2, 0.25) is 10.0 Å². The number of halogens is 3. The van der Waals surface area contributed by atoms with Crippen LogP contribution in [-0.2, 0) is 0 Å². The lowest BCUT2D eigenvalue weighted by molar-refractivity contribution is 0.0746. The number of hydrogen-bond acceptors (Lipinski definition) is 3. The monoisotopic (exact) mass is 368 g/mol. The minimum Gasteiger partial charge on any atom is -0.505 e. The summed E-state index contributed by atoms with van der Waals surface area (Å²) in [6, 6.07) is 9.38. The van der Waals surface area contributed by atoms with Gasteiger partial charge in [0.05, 0.1) is 15.7 Å². The zero-order chi connectivity index (χ0) is 17.3. The Hall–Kier alpha value is -1.98. The van der Waals surface area contributed by atoms with E-state index in [1.807, 2.05) is 4.90 Å². The van der Waals surface area contributed by atoms with Gasteiger partial charge in [-0.25, -0.2) is 4.39 Å². The van der Waals surface area contributed by atoms with Crippen LogP contribution in [0.15, 0.2) is 36.4 Å². The van der Waals surface area contributed by atoms with Crippen LogP contribution >= 0.6 is 23.2 Å². The maximum absolute atomic E-state index is 13.8. The molecule has 1 aliphatic rings. The van der Waals surface area contributed by atoms with Crippen molar-refractivity contribution in [2.24, 2.45) is 0 Å². The lowest BCUT2D eigenvalue weighted by Crippen LogP contribution is -2.49. The van der Waals surface area contributed by atoms with Crippen LogP contribution in [0.25, 0.3) is 0 Å². The van der Waals surface area contributed by atoms with Crippen molar-refractivity contribution in [1.29, 1.82) is 0 Å². The summed E-state index contributed by atoms with van der Waals surface area (Å²) in [6.45, 7) is 1.99. The second kappa shape index (κ2) is 6.87. The van der Waals surface area contributed by atoms with Gasteiger partial charge in [-0.15, -0.1) is 0 Å². The number of aromatic hydroxyl groups is 1. The average Bonchev–Trinajstić information content (AvgIpc) is 2.59. The first-order valence-electron chi connectivity index (χ1n) is 7.44. The number of piperazine rings is 1. The number of para-hydroxylation sites is 1. The summed E-state index contributed by atoms with van der Waals surface area (Å²) in [4.78, 5) is 16.1. The van der Waals surface area contributed by atoms with Gasteiger partial charge < -0.3 is 14.9 Å². The molecule has 2 aromatic rings. The van der Waals surface area contributed by atoms with E-state index in [4.69, 9.17) is 23.2 Å². The summed E-state index contributed by atoms with van der Waals surface area (Å²) >= 11 is 11.7. The van der Waals surface area contributed by atoms with Gasteiger partial charge in [0.25, 0.3) is 5.91 Å². The topological polar surface area (TPSA) is 43.8 Å². The molecule has 0 unspecified atom stereocenters. The zero-order valence-corrected chi connectivity index (χ0v) is 14.2. The second-order valence-electron chi connectivity index (χ2n) is 5.52. The molecule has 0 aromatic heterocycles. The molecule has 0 atom stereocenters. The number of rotatable bonds is 2. The summed E-state index contributed by atoms with van der Waals surface area (Å²) in [7, 11) is 0. The molecule has 0 aliphatic carbocycles. The van der Waals surface area contributed by atoms with Crippen molar-refractivity contribution in [1.82, 2.24) is 4.90 Å². The van der Waals surface area contributed by atoms with Crippen molar-refractivity contribution in [2.75, 3.05) is 31.1 Å². The van der Waals surface area contributed by atoms with E-state index in [9.17, 15) is 14.3 Å². The first kappa shape index (κ1) is 16.9. The van der Waals surface area contributed by atoms with Gasteiger partial charge in [0, 0.05) is 31.7 Å². The molecule has 0 saturated carbocycles. The highest BCUT2D eigenvalue weighted by Crippen LogP contribution is 2.33. The molecule has 1 amide bonds. The van der Waals surface area contributed by atoms with E-state index in [1.54, 1.807) is 23.1 Å². The van der Waals surface area contributed by atoms with Gasteiger partial charge in [0.15, 0.2) is 5.75 Å². The molecule has 2 aromatic carbocycles. The molecule has 1 saturated heterocycles. The molecule has 3 rings (SSSR count). The quantitative estimate of drug-likeness (QED) is 0.876. The number of benzene rings is 2. The molecular formula is C17H15Cl2FN2O2. The second-order valence-corrected chi connectivity index (χ2v) is 6.33. The maximum Gasteiger partial charge on any atom is 0.254 e. The van der Waals surface area contributed by atoms with E-state index >= 15 is 0 Å². The Morgan fingerprint density at radius 1 is 1.04 bits per heavy atom. The summed E-state index contributed by atoms with van der Waals surface area (Å²) in [5, 5.41) is 9.65. The van der Waals surface area contributed by atoms with Gasteiger partial charge in [-0.3, -0.25) is 4.79 Å². The summed E-state index contributed by atoms with van der Waals surface area (Å²) in [5.41, 5.74) is 0.863. The third-order valence-electron chi connectivity index (χ3n) is 4.02. The Morgan fingerprint density at radius 3 is 2.21 bits per heavy atom. The summed E-state index contributed by atoms with van der Waals surface area (Å²) in [5.74, 6) is -0.722. The number of phenols is 1. The van der Waals surface area contributed by atoms with Crippen LogP contribution in [0.1, 0.15) is 10.4 Å². The number of carbonyl (C=O) groups is 1. The third kappa shape index (κ3) is 3.28. The van der Waals surface area contributed by atoms with Gasteiger partial charge >= 0.3 is 0 Å². The number of hydrogen-bond donors (Lipinski definition) is 1. The number of carbonyl (C=O) groups excluding carboxylic acids is 1. The normalized spacial score (nSPS) is 14.8. The fourth-order valence-electron chi connectivity index (χ4n) is 2.73. The molecule has 1 aliphatic heterocycles. The van der Waals surface area contributed by atoms with Crippen molar-refractivity contribution in [3.05, 3.63) is 57.8 Å².